The quantitative estimate of drug-likeness (QED) is 0.0222. The second kappa shape index (κ2) is 61.6. The van der Waals surface area contributed by atoms with Crippen molar-refractivity contribution < 1.29 is 80.2 Å². The van der Waals surface area contributed by atoms with Gasteiger partial charge in [-0.15, -0.1) is 0 Å². The molecule has 19 heteroatoms. The van der Waals surface area contributed by atoms with E-state index in [1.807, 2.05) is 0 Å². The van der Waals surface area contributed by atoms with Crippen LogP contribution < -0.4 is 0 Å². The maximum Gasteiger partial charge on any atom is 0.472 e. The number of carbonyl (C=O) groups excluding carboxylic acids is 4. The smallest absolute Gasteiger partial charge is 0.462 e. The first-order chi connectivity index (χ1) is 43.7. The summed E-state index contributed by atoms with van der Waals surface area (Å²) in [5.41, 5.74) is 0. The van der Waals surface area contributed by atoms with Gasteiger partial charge in [0, 0.05) is 25.7 Å². The Balaban J connectivity index is 5.24. The summed E-state index contributed by atoms with van der Waals surface area (Å²) in [7, 11) is -9.91. The van der Waals surface area contributed by atoms with Crippen molar-refractivity contribution in [1.82, 2.24) is 0 Å². The molecule has 6 unspecified atom stereocenters. The van der Waals surface area contributed by atoms with E-state index in [1.54, 1.807) is 0 Å². The molecule has 0 aliphatic heterocycles. The average molecular weight is 1340 g/mol. The Kier molecular flexibility index (Phi) is 60.3. The first-order valence-electron chi connectivity index (χ1n) is 37.3. The highest BCUT2D eigenvalue weighted by Gasteiger charge is 2.30. The first-order valence-corrected chi connectivity index (χ1v) is 40.3. The minimum absolute atomic E-state index is 0.102. The van der Waals surface area contributed by atoms with Crippen molar-refractivity contribution in [1.29, 1.82) is 0 Å². The zero-order valence-corrected chi connectivity index (χ0v) is 61.3. The molecule has 0 aromatic rings. The van der Waals surface area contributed by atoms with Crippen LogP contribution in [0.15, 0.2) is 0 Å². The molecule has 0 saturated carbocycles. The van der Waals surface area contributed by atoms with E-state index in [4.69, 9.17) is 37.0 Å². The lowest BCUT2D eigenvalue weighted by Crippen LogP contribution is -2.30. The van der Waals surface area contributed by atoms with Gasteiger partial charge in [-0.3, -0.25) is 37.3 Å². The lowest BCUT2D eigenvalue weighted by molar-refractivity contribution is -0.161. The molecular formula is C72H140O17P2. The third-order valence-corrected chi connectivity index (χ3v) is 19.6. The van der Waals surface area contributed by atoms with Crippen LogP contribution in [-0.2, 0) is 65.4 Å². The van der Waals surface area contributed by atoms with Gasteiger partial charge in [0.15, 0.2) is 12.2 Å². The van der Waals surface area contributed by atoms with Crippen molar-refractivity contribution in [3.63, 3.8) is 0 Å². The fraction of sp³-hybridized carbons (Fsp3) is 0.944. The van der Waals surface area contributed by atoms with Crippen LogP contribution in [0.2, 0.25) is 0 Å². The molecule has 0 rings (SSSR count). The standard InChI is InChI=1S/C72H140O17P2/c1-9-63(6)49-41-33-25-18-16-14-12-13-15-17-19-29-38-46-54-71(76)88-67(58-82-70(75)53-45-37-28-23-21-26-34-42-50-64(7)10-2)60-86-90(78,79)84-56-66(73)57-85-91(80,81)87-61-68(89-72(77)55-47-39-31-30-35-43-51-65(8)11-3)59-83-69(74)52-44-36-27-22-20-24-32-40-48-62(4)5/h62-68,73H,9-61H2,1-8H3,(H,78,79)(H,80,81)/t63?,64?,65?,66?,67-,68-/m1/s1. The summed E-state index contributed by atoms with van der Waals surface area (Å²) < 4.78 is 68.3. The van der Waals surface area contributed by atoms with Gasteiger partial charge >= 0.3 is 39.5 Å². The van der Waals surface area contributed by atoms with Crippen molar-refractivity contribution in [2.75, 3.05) is 39.6 Å². The zero-order valence-electron chi connectivity index (χ0n) is 59.5. The van der Waals surface area contributed by atoms with Gasteiger partial charge < -0.3 is 33.8 Å². The molecule has 0 aromatic heterocycles. The number of rotatable bonds is 69. The minimum Gasteiger partial charge on any atom is -0.462 e. The van der Waals surface area contributed by atoms with Gasteiger partial charge in [0.2, 0.25) is 0 Å². The highest BCUT2D eigenvalue weighted by molar-refractivity contribution is 7.47. The van der Waals surface area contributed by atoms with Gasteiger partial charge in [-0.1, -0.05) is 306 Å². The van der Waals surface area contributed by atoms with Gasteiger partial charge in [0.05, 0.1) is 26.4 Å². The van der Waals surface area contributed by atoms with Crippen LogP contribution >= 0.6 is 15.6 Å². The number of phosphoric acid groups is 2. The minimum atomic E-state index is -4.95. The molecule has 91 heavy (non-hydrogen) atoms. The van der Waals surface area contributed by atoms with Crippen LogP contribution in [0, 0.1) is 23.7 Å². The maximum atomic E-state index is 13.0. The third-order valence-electron chi connectivity index (χ3n) is 17.7. The molecule has 0 amide bonds. The molecule has 0 bridgehead atoms. The predicted octanol–water partition coefficient (Wildman–Crippen LogP) is 20.5. The zero-order chi connectivity index (χ0) is 67.5. The SMILES string of the molecule is CCC(C)CCCCCCCCCCCCCCCCC(=O)O[C@H](COC(=O)CCCCCCCCCCC(C)CC)COP(=O)(O)OCC(O)COP(=O)(O)OC[C@@H](COC(=O)CCCCCCCCCCC(C)C)OC(=O)CCCCCCCCC(C)CC. The first kappa shape index (κ1) is 89.1. The molecule has 0 radical (unpaired) electrons. The predicted molar refractivity (Wildman–Crippen MR) is 367 cm³/mol. The Morgan fingerprint density at radius 1 is 0.308 bits per heavy atom. The van der Waals surface area contributed by atoms with Crippen molar-refractivity contribution in [2.45, 2.75) is 375 Å². The Bertz CT molecular complexity index is 1800. The highest BCUT2D eigenvalue weighted by Crippen LogP contribution is 2.45. The van der Waals surface area contributed by atoms with E-state index < -0.39 is 97.5 Å². The number of aliphatic hydroxyl groups is 1. The molecule has 0 heterocycles. The van der Waals surface area contributed by atoms with Crippen molar-refractivity contribution >= 4 is 39.5 Å². The number of unbranched alkanes of at least 4 members (excludes halogenated alkanes) is 32. The Labute approximate surface area is 556 Å². The van der Waals surface area contributed by atoms with Gasteiger partial charge in [-0.2, -0.15) is 0 Å². The van der Waals surface area contributed by atoms with Crippen molar-refractivity contribution in [3.05, 3.63) is 0 Å². The van der Waals surface area contributed by atoms with E-state index in [9.17, 15) is 43.2 Å². The van der Waals surface area contributed by atoms with Crippen LogP contribution in [-0.4, -0.2) is 96.7 Å². The summed E-state index contributed by atoms with van der Waals surface area (Å²) in [4.78, 5) is 72.6. The van der Waals surface area contributed by atoms with Crippen LogP contribution in [0.5, 0.6) is 0 Å². The summed E-state index contributed by atoms with van der Waals surface area (Å²) in [6.07, 6.45) is 44.4. The molecule has 0 spiro atoms. The van der Waals surface area contributed by atoms with Crippen LogP contribution in [0.3, 0.4) is 0 Å². The van der Waals surface area contributed by atoms with Gasteiger partial charge in [-0.05, 0) is 49.4 Å². The molecule has 0 aliphatic rings. The fourth-order valence-electron chi connectivity index (χ4n) is 10.7. The monoisotopic (exact) mass is 1340 g/mol. The van der Waals surface area contributed by atoms with Crippen LogP contribution in [0.25, 0.3) is 0 Å². The van der Waals surface area contributed by atoms with Crippen LogP contribution in [0.4, 0.5) is 0 Å². The Morgan fingerprint density at radius 2 is 0.527 bits per heavy atom. The van der Waals surface area contributed by atoms with E-state index >= 15 is 0 Å². The topological polar surface area (TPSA) is 237 Å². The Morgan fingerprint density at radius 3 is 0.780 bits per heavy atom. The largest absolute Gasteiger partial charge is 0.472 e. The van der Waals surface area contributed by atoms with Crippen molar-refractivity contribution in [3.8, 4) is 0 Å². The van der Waals surface area contributed by atoms with E-state index in [0.29, 0.717) is 25.7 Å². The molecular weight excluding hydrogens is 1200 g/mol. The second-order valence-electron chi connectivity index (χ2n) is 27.2. The molecule has 0 aliphatic carbocycles. The summed E-state index contributed by atoms with van der Waals surface area (Å²) in [5, 5.41) is 10.6. The lowest BCUT2D eigenvalue weighted by atomic mass is 9.99. The fourth-order valence-corrected chi connectivity index (χ4v) is 12.3. The highest BCUT2D eigenvalue weighted by atomic mass is 31.2. The van der Waals surface area contributed by atoms with E-state index in [2.05, 4.69) is 55.4 Å². The molecule has 17 nitrogen and oxygen atoms in total. The summed E-state index contributed by atoms with van der Waals surface area (Å²) in [6.45, 7) is 14.1. The second-order valence-corrected chi connectivity index (χ2v) is 30.1. The number of phosphoric ester groups is 2. The molecule has 0 fully saturated rings. The van der Waals surface area contributed by atoms with Gasteiger partial charge in [-0.25, -0.2) is 9.13 Å². The van der Waals surface area contributed by atoms with E-state index in [0.717, 1.165) is 114 Å². The normalized spacial score (nSPS) is 15.1. The molecule has 540 valence electrons. The summed E-state index contributed by atoms with van der Waals surface area (Å²) in [6, 6.07) is 0. The number of esters is 4. The molecule has 0 saturated heterocycles. The maximum absolute atomic E-state index is 13.0. The van der Waals surface area contributed by atoms with Crippen molar-refractivity contribution in [2.24, 2.45) is 23.7 Å². The number of ether oxygens (including phenoxy) is 4. The van der Waals surface area contributed by atoms with E-state index in [-0.39, 0.29) is 25.7 Å². The third kappa shape index (κ3) is 62.6. The molecule has 0 aromatic carbocycles. The van der Waals surface area contributed by atoms with Gasteiger partial charge in [0.1, 0.15) is 19.3 Å². The molecule has 3 N–H and O–H groups in total. The Hall–Kier alpha value is -1.94. The van der Waals surface area contributed by atoms with Gasteiger partial charge in [0.25, 0.3) is 0 Å². The lowest BCUT2D eigenvalue weighted by Gasteiger charge is -2.21. The molecule has 8 atom stereocenters. The summed E-state index contributed by atoms with van der Waals surface area (Å²) >= 11 is 0. The number of hydrogen-bond donors (Lipinski definition) is 3. The number of hydrogen-bond acceptors (Lipinski definition) is 15. The van der Waals surface area contributed by atoms with E-state index in [1.165, 1.54) is 161 Å². The van der Waals surface area contributed by atoms with Crippen LogP contribution in [0.1, 0.15) is 357 Å². The summed E-state index contributed by atoms with van der Waals surface area (Å²) in [5.74, 6) is 0.940. The number of aliphatic hydroxyl groups excluding tert-OH is 1. The average Bonchev–Trinajstić information content (AvgIpc) is 3.68. The number of carbonyl (C=O) groups is 4.